The zero-order valence-corrected chi connectivity index (χ0v) is 15.8. The predicted octanol–water partition coefficient (Wildman–Crippen LogP) is 3.69. The maximum atomic E-state index is 13.0. The van der Waals surface area contributed by atoms with Gasteiger partial charge in [-0.15, -0.1) is 11.6 Å². The molecule has 4 fully saturated rings. The van der Waals surface area contributed by atoms with Gasteiger partial charge < -0.3 is 14.8 Å². The van der Waals surface area contributed by atoms with Crippen molar-refractivity contribution in [3.63, 3.8) is 0 Å². The van der Waals surface area contributed by atoms with Crippen LogP contribution in [0.1, 0.15) is 44.1 Å². The van der Waals surface area contributed by atoms with Crippen molar-refractivity contribution in [3.05, 3.63) is 23.8 Å². The topological polar surface area (TPSA) is 47.6 Å². The van der Waals surface area contributed by atoms with E-state index in [1.165, 1.54) is 6.42 Å². The highest BCUT2D eigenvalue weighted by atomic mass is 35.5. The zero-order chi connectivity index (χ0) is 17.8. The largest absolute Gasteiger partial charge is 0.486 e. The molecule has 0 radical (unpaired) electrons. The van der Waals surface area contributed by atoms with Gasteiger partial charge in [-0.1, -0.05) is 6.07 Å². The van der Waals surface area contributed by atoms with E-state index in [4.69, 9.17) is 21.1 Å². The minimum atomic E-state index is -0.210. The van der Waals surface area contributed by atoms with Crippen LogP contribution in [-0.2, 0) is 11.2 Å². The van der Waals surface area contributed by atoms with Gasteiger partial charge in [0.05, 0.1) is 5.41 Å². The number of alkyl halides is 1. The zero-order valence-electron chi connectivity index (χ0n) is 15.1. The molecular formula is C21H26ClNO3. The normalized spacial score (nSPS) is 36.8. The van der Waals surface area contributed by atoms with Crippen LogP contribution in [0, 0.1) is 17.3 Å². The maximum absolute atomic E-state index is 13.0. The molecule has 140 valence electrons. The van der Waals surface area contributed by atoms with Crippen LogP contribution in [0.4, 0.5) is 0 Å². The van der Waals surface area contributed by atoms with Crippen molar-refractivity contribution in [2.75, 3.05) is 19.8 Å². The fourth-order valence-electron chi connectivity index (χ4n) is 6.17. The summed E-state index contributed by atoms with van der Waals surface area (Å²) in [5, 5.41) is 3.22. The lowest BCUT2D eigenvalue weighted by molar-refractivity contribution is -0.144. The molecular weight excluding hydrogens is 350 g/mol. The van der Waals surface area contributed by atoms with E-state index in [0.717, 1.165) is 55.6 Å². The Labute approximate surface area is 159 Å². The van der Waals surface area contributed by atoms with Gasteiger partial charge in [-0.2, -0.15) is 0 Å². The van der Waals surface area contributed by atoms with Crippen LogP contribution in [-0.4, -0.2) is 30.5 Å². The van der Waals surface area contributed by atoms with E-state index in [0.29, 0.717) is 31.6 Å². The molecule has 4 bridgehead atoms. The van der Waals surface area contributed by atoms with Crippen molar-refractivity contribution in [3.8, 4) is 11.5 Å². The molecule has 4 saturated carbocycles. The van der Waals surface area contributed by atoms with Gasteiger partial charge in [-0.25, -0.2) is 0 Å². The molecule has 5 heteroatoms. The van der Waals surface area contributed by atoms with E-state index in [1.54, 1.807) is 0 Å². The first-order chi connectivity index (χ1) is 12.5. The molecule has 4 aliphatic carbocycles. The molecule has 2 atom stereocenters. The van der Waals surface area contributed by atoms with E-state index < -0.39 is 0 Å². The highest BCUT2D eigenvalue weighted by Gasteiger charge is 2.59. The van der Waals surface area contributed by atoms with Crippen molar-refractivity contribution in [1.82, 2.24) is 5.32 Å². The lowest BCUT2D eigenvalue weighted by Crippen LogP contribution is -2.58. The Morgan fingerprint density at radius 1 is 1.12 bits per heavy atom. The third kappa shape index (κ3) is 2.87. The van der Waals surface area contributed by atoms with E-state index in [1.807, 2.05) is 12.1 Å². The number of hydrogen-bond donors (Lipinski definition) is 1. The number of carbonyl (C=O) groups excluding carboxylic acids is 1. The third-order valence-electron chi connectivity index (χ3n) is 6.78. The second-order valence-electron chi connectivity index (χ2n) is 8.88. The lowest BCUT2D eigenvalue weighted by atomic mass is 9.49. The van der Waals surface area contributed by atoms with E-state index in [2.05, 4.69) is 11.4 Å². The number of hydrogen-bond acceptors (Lipinski definition) is 3. The second kappa shape index (κ2) is 6.05. The standard InChI is InChI=1S/C21H26ClNO3/c22-21-11-15-7-16(12-21)10-20(9-15,13-21)19(24)23-4-3-14-1-2-17-18(8-14)26-6-5-25-17/h1-2,8,15-16H,3-7,9-13H2,(H,23,24)/t15-,16-,20?,21?/m1/s1. The highest BCUT2D eigenvalue weighted by Crippen LogP contribution is 2.63. The van der Waals surface area contributed by atoms with Crippen molar-refractivity contribution >= 4 is 17.5 Å². The Balaban J connectivity index is 1.22. The summed E-state index contributed by atoms with van der Waals surface area (Å²) < 4.78 is 11.2. The van der Waals surface area contributed by atoms with E-state index in [9.17, 15) is 4.79 Å². The van der Waals surface area contributed by atoms with Crippen molar-refractivity contribution in [2.24, 2.45) is 17.3 Å². The Bertz CT molecular complexity index is 720. The molecule has 6 rings (SSSR count). The molecule has 26 heavy (non-hydrogen) atoms. The summed E-state index contributed by atoms with van der Waals surface area (Å²) in [6.07, 6.45) is 7.23. The third-order valence-corrected chi connectivity index (χ3v) is 7.22. The van der Waals surface area contributed by atoms with Gasteiger partial charge in [0.2, 0.25) is 5.91 Å². The van der Waals surface area contributed by atoms with Crippen LogP contribution in [0.3, 0.4) is 0 Å². The molecule has 1 aromatic carbocycles. The van der Waals surface area contributed by atoms with Crippen LogP contribution < -0.4 is 14.8 Å². The number of nitrogens with one attached hydrogen (secondary N) is 1. The fraction of sp³-hybridized carbons (Fsp3) is 0.667. The molecule has 1 amide bonds. The molecule has 0 spiro atoms. The summed E-state index contributed by atoms with van der Waals surface area (Å²) in [5.41, 5.74) is 0.951. The summed E-state index contributed by atoms with van der Waals surface area (Å²) in [6.45, 7) is 1.86. The summed E-state index contributed by atoms with van der Waals surface area (Å²) in [4.78, 5) is 12.9. The number of amides is 1. The van der Waals surface area contributed by atoms with Crippen LogP contribution in [0.15, 0.2) is 18.2 Å². The van der Waals surface area contributed by atoms with Gasteiger partial charge in [-0.05, 0) is 74.5 Å². The average molecular weight is 376 g/mol. The number of halogens is 1. The first-order valence-corrected chi connectivity index (χ1v) is 10.3. The molecule has 1 heterocycles. The Hall–Kier alpha value is -1.42. The minimum absolute atomic E-state index is 0.114. The Kier molecular flexibility index (Phi) is 3.89. The fourth-order valence-corrected chi connectivity index (χ4v) is 6.86. The smallest absolute Gasteiger partial charge is 0.226 e. The van der Waals surface area contributed by atoms with Gasteiger partial charge in [-0.3, -0.25) is 4.79 Å². The lowest BCUT2D eigenvalue weighted by Gasteiger charge is -2.59. The molecule has 0 saturated heterocycles. The minimum Gasteiger partial charge on any atom is -0.486 e. The number of carbonyl (C=O) groups is 1. The first kappa shape index (κ1) is 16.7. The van der Waals surface area contributed by atoms with Crippen LogP contribution in [0.25, 0.3) is 0 Å². The molecule has 1 N–H and O–H groups in total. The molecule has 1 aromatic rings. The summed E-state index contributed by atoms with van der Waals surface area (Å²) in [5.74, 6) is 3.15. The molecule has 0 aromatic heterocycles. The molecule has 5 aliphatic rings. The maximum Gasteiger partial charge on any atom is 0.226 e. The number of rotatable bonds is 4. The van der Waals surface area contributed by atoms with Crippen LogP contribution in [0.5, 0.6) is 11.5 Å². The molecule has 0 unspecified atom stereocenters. The van der Waals surface area contributed by atoms with Crippen molar-refractivity contribution in [1.29, 1.82) is 0 Å². The monoisotopic (exact) mass is 375 g/mol. The Morgan fingerprint density at radius 3 is 2.58 bits per heavy atom. The van der Waals surface area contributed by atoms with Crippen molar-refractivity contribution < 1.29 is 14.3 Å². The van der Waals surface area contributed by atoms with Gasteiger partial charge in [0.25, 0.3) is 0 Å². The van der Waals surface area contributed by atoms with E-state index >= 15 is 0 Å². The summed E-state index contributed by atoms with van der Waals surface area (Å²) >= 11 is 6.86. The van der Waals surface area contributed by atoms with Crippen molar-refractivity contribution in [2.45, 2.75) is 49.8 Å². The van der Waals surface area contributed by atoms with Crippen LogP contribution >= 0.6 is 11.6 Å². The van der Waals surface area contributed by atoms with E-state index in [-0.39, 0.29) is 16.2 Å². The highest BCUT2D eigenvalue weighted by molar-refractivity contribution is 6.24. The number of benzene rings is 1. The number of fused-ring (bicyclic) bond motifs is 1. The summed E-state index contributed by atoms with van der Waals surface area (Å²) in [7, 11) is 0. The average Bonchev–Trinajstić information content (AvgIpc) is 2.59. The van der Waals surface area contributed by atoms with Gasteiger partial charge in [0, 0.05) is 11.4 Å². The quantitative estimate of drug-likeness (QED) is 0.816. The van der Waals surface area contributed by atoms with Gasteiger partial charge >= 0.3 is 0 Å². The first-order valence-electron chi connectivity index (χ1n) is 9.89. The molecule has 4 nitrogen and oxygen atoms in total. The molecule has 1 aliphatic heterocycles. The van der Waals surface area contributed by atoms with Crippen LogP contribution in [0.2, 0.25) is 0 Å². The Morgan fingerprint density at radius 2 is 1.85 bits per heavy atom. The second-order valence-corrected chi connectivity index (χ2v) is 9.68. The van der Waals surface area contributed by atoms with Gasteiger partial charge in [0.1, 0.15) is 13.2 Å². The van der Waals surface area contributed by atoms with Gasteiger partial charge in [0.15, 0.2) is 11.5 Å². The predicted molar refractivity (Wildman–Crippen MR) is 99.8 cm³/mol. The summed E-state index contributed by atoms with van der Waals surface area (Å²) in [6, 6.07) is 6.04. The number of ether oxygens (including phenoxy) is 2. The SMILES string of the molecule is O=C(NCCc1ccc2c(c1)OCCO2)C12C[C@H]3C[C@@H](CC(Cl)(C3)C1)C2.